The fraction of sp³-hybridized carbons (Fsp3) is 0.381. The average molecular weight is 370 g/mol. The van der Waals surface area contributed by atoms with Gasteiger partial charge >= 0.3 is 0 Å². The van der Waals surface area contributed by atoms with Crippen molar-refractivity contribution in [3.63, 3.8) is 0 Å². The van der Waals surface area contributed by atoms with Gasteiger partial charge < -0.3 is 24.0 Å². The Morgan fingerprint density at radius 3 is 2.15 bits per heavy atom. The van der Waals surface area contributed by atoms with Crippen molar-refractivity contribution in [3.8, 4) is 17.2 Å². The molecule has 1 unspecified atom stereocenters. The lowest BCUT2D eigenvalue weighted by atomic mass is 10.2. The van der Waals surface area contributed by atoms with Crippen molar-refractivity contribution in [1.29, 1.82) is 0 Å². The van der Waals surface area contributed by atoms with Crippen molar-refractivity contribution < 1.29 is 19.0 Å². The number of carbonyl (C=O) groups is 1. The van der Waals surface area contributed by atoms with E-state index in [1.165, 1.54) is 0 Å². The summed E-state index contributed by atoms with van der Waals surface area (Å²) in [7, 11) is 3.30. The summed E-state index contributed by atoms with van der Waals surface area (Å²) < 4.78 is 16.4. The monoisotopic (exact) mass is 370 g/mol. The number of benzene rings is 2. The van der Waals surface area contributed by atoms with Gasteiger partial charge in [0.2, 0.25) is 0 Å². The van der Waals surface area contributed by atoms with E-state index in [1.807, 2.05) is 53.4 Å². The summed E-state index contributed by atoms with van der Waals surface area (Å²) in [6.45, 7) is 4.64. The molecule has 0 aromatic heterocycles. The smallest absolute Gasteiger partial charge is 0.263 e. The van der Waals surface area contributed by atoms with Crippen LogP contribution in [0, 0.1) is 0 Å². The maximum Gasteiger partial charge on any atom is 0.263 e. The van der Waals surface area contributed by atoms with Crippen LogP contribution in [-0.2, 0) is 4.79 Å². The van der Waals surface area contributed by atoms with Crippen molar-refractivity contribution in [2.75, 3.05) is 45.3 Å². The highest BCUT2D eigenvalue weighted by atomic mass is 16.5. The SMILES string of the molecule is COc1ccc(OC(C)C(=O)N2CCN(c3ccccc3OC)CC2)cc1. The van der Waals surface area contributed by atoms with E-state index in [4.69, 9.17) is 14.2 Å². The molecule has 6 heteroatoms. The number of hydrogen-bond acceptors (Lipinski definition) is 5. The van der Waals surface area contributed by atoms with E-state index in [1.54, 1.807) is 21.1 Å². The summed E-state index contributed by atoms with van der Waals surface area (Å²) >= 11 is 0. The predicted octanol–water partition coefficient (Wildman–Crippen LogP) is 2.82. The molecular formula is C21H26N2O4. The van der Waals surface area contributed by atoms with Crippen LogP contribution in [0.25, 0.3) is 0 Å². The van der Waals surface area contributed by atoms with Gasteiger partial charge in [0.15, 0.2) is 6.10 Å². The second-order valence-electron chi connectivity index (χ2n) is 6.42. The van der Waals surface area contributed by atoms with Crippen LogP contribution in [-0.4, -0.2) is 57.3 Å². The zero-order chi connectivity index (χ0) is 19.2. The molecule has 0 spiro atoms. The van der Waals surface area contributed by atoms with Gasteiger partial charge in [0, 0.05) is 26.2 Å². The first-order chi connectivity index (χ1) is 13.1. The van der Waals surface area contributed by atoms with Crippen LogP contribution >= 0.6 is 0 Å². The van der Waals surface area contributed by atoms with Crippen LogP contribution in [0.4, 0.5) is 5.69 Å². The van der Waals surface area contributed by atoms with Gasteiger partial charge in [0.1, 0.15) is 17.2 Å². The van der Waals surface area contributed by atoms with E-state index in [-0.39, 0.29) is 5.91 Å². The zero-order valence-corrected chi connectivity index (χ0v) is 16.1. The molecule has 0 N–H and O–H groups in total. The van der Waals surface area contributed by atoms with E-state index in [0.29, 0.717) is 18.8 Å². The predicted molar refractivity (Wildman–Crippen MR) is 105 cm³/mol. The number of piperazine rings is 1. The molecule has 0 aliphatic carbocycles. The lowest BCUT2D eigenvalue weighted by Gasteiger charge is -2.37. The van der Waals surface area contributed by atoms with Crippen molar-refractivity contribution in [1.82, 2.24) is 4.90 Å². The maximum absolute atomic E-state index is 12.7. The molecule has 1 aliphatic heterocycles. The van der Waals surface area contributed by atoms with E-state index in [9.17, 15) is 4.79 Å². The second-order valence-corrected chi connectivity index (χ2v) is 6.42. The summed E-state index contributed by atoms with van der Waals surface area (Å²) in [4.78, 5) is 16.8. The Balaban J connectivity index is 1.55. The Hall–Kier alpha value is -2.89. The lowest BCUT2D eigenvalue weighted by molar-refractivity contribution is -0.138. The molecule has 1 amide bonds. The first-order valence-electron chi connectivity index (χ1n) is 9.10. The number of carbonyl (C=O) groups excluding carboxylic acids is 1. The van der Waals surface area contributed by atoms with E-state index >= 15 is 0 Å². The van der Waals surface area contributed by atoms with Crippen LogP contribution in [0.15, 0.2) is 48.5 Å². The Bertz CT molecular complexity index is 755. The summed E-state index contributed by atoms with van der Waals surface area (Å²) in [6.07, 6.45) is -0.531. The number of hydrogen-bond donors (Lipinski definition) is 0. The molecule has 2 aromatic rings. The van der Waals surface area contributed by atoms with E-state index in [0.717, 1.165) is 30.3 Å². The molecule has 0 saturated carbocycles. The zero-order valence-electron chi connectivity index (χ0n) is 16.1. The third kappa shape index (κ3) is 4.45. The Morgan fingerprint density at radius 1 is 0.889 bits per heavy atom. The number of methoxy groups -OCH3 is 2. The van der Waals surface area contributed by atoms with Crippen LogP contribution in [0.2, 0.25) is 0 Å². The molecule has 1 atom stereocenters. The minimum absolute atomic E-state index is 0.00509. The first kappa shape index (κ1) is 18.9. The van der Waals surface area contributed by atoms with Gasteiger partial charge in [-0.3, -0.25) is 4.79 Å². The Labute approximate surface area is 160 Å². The van der Waals surface area contributed by atoms with Gasteiger partial charge in [0.05, 0.1) is 19.9 Å². The van der Waals surface area contributed by atoms with Crippen molar-refractivity contribution in [2.45, 2.75) is 13.0 Å². The number of para-hydroxylation sites is 2. The maximum atomic E-state index is 12.7. The Kier molecular flexibility index (Phi) is 6.06. The highest BCUT2D eigenvalue weighted by Gasteiger charge is 2.27. The van der Waals surface area contributed by atoms with Gasteiger partial charge in [-0.1, -0.05) is 12.1 Å². The molecule has 6 nitrogen and oxygen atoms in total. The number of amides is 1. The van der Waals surface area contributed by atoms with Crippen LogP contribution in [0.3, 0.4) is 0 Å². The fourth-order valence-corrected chi connectivity index (χ4v) is 3.22. The number of anilines is 1. The highest BCUT2D eigenvalue weighted by molar-refractivity contribution is 5.81. The van der Waals surface area contributed by atoms with Gasteiger partial charge in [-0.15, -0.1) is 0 Å². The summed E-state index contributed by atoms with van der Waals surface area (Å²) in [5.41, 5.74) is 1.06. The molecule has 1 heterocycles. The average Bonchev–Trinajstić information content (AvgIpc) is 2.73. The lowest BCUT2D eigenvalue weighted by Crippen LogP contribution is -2.52. The molecule has 2 aromatic carbocycles. The van der Waals surface area contributed by atoms with Crippen LogP contribution < -0.4 is 19.1 Å². The van der Waals surface area contributed by atoms with E-state index in [2.05, 4.69) is 4.90 Å². The first-order valence-corrected chi connectivity index (χ1v) is 9.10. The van der Waals surface area contributed by atoms with Crippen LogP contribution in [0.5, 0.6) is 17.2 Å². The quantitative estimate of drug-likeness (QED) is 0.783. The van der Waals surface area contributed by atoms with Gasteiger partial charge in [0.25, 0.3) is 5.91 Å². The van der Waals surface area contributed by atoms with E-state index < -0.39 is 6.10 Å². The highest BCUT2D eigenvalue weighted by Crippen LogP contribution is 2.28. The fourth-order valence-electron chi connectivity index (χ4n) is 3.22. The molecule has 0 bridgehead atoms. The topological polar surface area (TPSA) is 51.2 Å². The van der Waals surface area contributed by atoms with Gasteiger partial charge in [-0.25, -0.2) is 0 Å². The molecule has 27 heavy (non-hydrogen) atoms. The molecule has 1 fully saturated rings. The van der Waals surface area contributed by atoms with Crippen LogP contribution in [0.1, 0.15) is 6.92 Å². The normalized spacial score (nSPS) is 15.2. The molecule has 0 radical (unpaired) electrons. The van der Waals surface area contributed by atoms with Crippen molar-refractivity contribution >= 4 is 11.6 Å². The van der Waals surface area contributed by atoms with Crippen molar-refractivity contribution in [2.24, 2.45) is 0 Å². The molecule has 1 saturated heterocycles. The largest absolute Gasteiger partial charge is 0.497 e. The second kappa shape index (κ2) is 8.66. The number of rotatable bonds is 6. The van der Waals surface area contributed by atoms with Gasteiger partial charge in [-0.05, 0) is 43.3 Å². The minimum atomic E-state index is -0.531. The summed E-state index contributed by atoms with van der Waals surface area (Å²) in [5.74, 6) is 2.28. The standard InChI is InChI=1S/C21H26N2O4/c1-16(27-18-10-8-17(25-2)9-11-18)21(24)23-14-12-22(13-15-23)19-6-4-5-7-20(19)26-3/h4-11,16H,12-15H2,1-3H3. The van der Waals surface area contributed by atoms with Crippen molar-refractivity contribution in [3.05, 3.63) is 48.5 Å². The minimum Gasteiger partial charge on any atom is -0.497 e. The number of nitrogens with zero attached hydrogens (tertiary/aromatic N) is 2. The summed E-state index contributed by atoms with van der Waals surface area (Å²) in [5, 5.41) is 0. The molecule has 144 valence electrons. The van der Waals surface area contributed by atoms with Gasteiger partial charge in [-0.2, -0.15) is 0 Å². The Morgan fingerprint density at radius 2 is 1.52 bits per heavy atom. The number of ether oxygens (including phenoxy) is 3. The third-order valence-electron chi connectivity index (χ3n) is 4.74. The molecular weight excluding hydrogens is 344 g/mol. The molecule has 1 aliphatic rings. The third-order valence-corrected chi connectivity index (χ3v) is 4.74. The molecule has 3 rings (SSSR count). The summed E-state index contributed by atoms with van der Waals surface area (Å²) in [6, 6.07) is 15.2.